The summed E-state index contributed by atoms with van der Waals surface area (Å²) in [5, 5.41) is 13.3. The Kier molecular flexibility index (Phi) is 3.87. The van der Waals surface area contributed by atoms with Crippen molar-refractivity contribution in [3.05, 3.63) is 70.3 Å². The molecule has 24 heavy (non-hydrogen) atoms. The van der Waals surface area contributed by atoms with Crippen molar-refractivity contribution in [2.75, 3.05) is 7.11 Å². The number of hydrogen-bond acceptors (Lipinski definition) is 3. The van der Waals surface area contributed by atoms with Crippen LogP contribution in [-0.2, 0) is 24.0 Å². The van der Waals surface area contributed by atoms with Gasteiger partial charge in [-0.2, -0.15) is 0 Å². The van der Waals surface area contributed by atoms with Crippen LogP contribution in [0.5, 0.6) is 0 Å². The summed E-state index contributed by atoms with van der Waals surface area (Å²) in [6.07, 6.45) is 1.98. The Balaban J connectivity index is 1.54. The van der Waals surface area contributed by atoms with E-state index in [1.165, 1.54) is 11.1 Å². The lowest BCUT2D eigenvalue weighted by molar-refractivity contribution is 0.0858. The lowest BCUT2D eigenvalue weighted by Crippen LogP contribution is -2.33. The van der Waals surface area contributed by atoms with E-state index in [2.05, 4.69) is 5.32 Å². The molecule has 4 nitrogen and oxygen atoms in total. The van der Waals surface area contributed by atoms with Gasteiger partial charge in [0.2, 0.25) is 0 Å². The van der Waals surface area contributed by atoms with Gasteiger partial charge in [0.25, 0.3) is 5.91 Å². The number of aliphatic hydroxyl groups excluding tert-OH is 1. The highest BCUT2D eigenvalue weighted by Crippen LogP contribution is 2.32. The summed E-state index contributed by atoms with van der Waals surface area (Å²) < 4.78 is 5.42. The molecule has 2 N–H and O–H groups in total. The molecular weight excluding hydrogens is 302 g/mol. The van der Waals surface area contributed by atoms with Gasteiger partial charge >= 0.3 is 0 Å². The first-order valence-electron chi connectivity index (χ1n) is 8.37. The van der Waals surface area contributed by atoms with E-state index in [0.29, 0.717) is 12.0 Å². The molecule has 124 valence electrons. The predicted octanol–water partition coefficient (Wildman–Crippen LogP) is 2.19. The highest BCUT2D eigenvalue weighted by atomic mass is 16.5. The summed E-state index contributed by atoms with van der Waals surface area (Å²) in [5.41, 5.74) is 5.19. The van der Waals surface area contributed by atoms with E-state index in [4.69, 9.17) is 4.74 Å². The average Bonchev–Trinajstić information content (AvgIpc) is 3.15. The molecule has 2 aromatic rings. The number of aliphatic hydroxyl groups is 1. The van der Waals surface area contributed by atoms with E-state index < -0.39 is 6.10 Å². The minimum Gasteiger partial charge on any atom is -0.390 e. The maximum Gasteiger partial charge on any atom is 0.251 e. The first-order chi connectivity index (χ1) is 11.7. The van der Waals surface area contributed by atoms with E-state index in [-0.39, 0.29) is 18.1 Å². The molecule has 0 heterocycles. The molecule has 0 aromatic heterocycles. The topological polar surface area (TPSA) is 58.6 Å². The monoisotopic (exact) mass is 323 g/mol. The average molecular weight is 323 g/mol. The number of benzene rings is 2. The van der Waals surface area contributed by atoms with Gasteiger partial charge in [-0.05, 0) is 47.2 Å². The molecule has 2 aromatic carbocycles. The van der Waals surface area contributed by atoms with Gasteiger partial charge in [0.1, 0.15) is 0 Å². The molecule has 0 bridgehead atoms. The number of carbonyl (C=O) groups is 1. The van der Waals surface area contributed by atoms with Crippen molar-refractivity contribution < 1.29 is 14.6 Å². The van der Waals surface area contributed by atoms with Crippen molar-refractivity contribution in [1.82, 2.24) is 5.32 Å². The van der Waals surface area contributed by atoms with Crippen molar-refractivity contribution in [2.45, 2.75) is 37.5 Å². The van der Waals surface area contributed by atoms with Crippen LogP contribution in [0.15, 0.2) is 42.5 Å². The Bertz CT molecular complexity index is 786. The maximum atomic E-state index is 12.7. The number of amides is 1. The Morgan fingerprint density at radius 3 is 2.71 bits per heavy atom. The zero-order valence-electron chi connectivity index (χ0n) is 13.7. The number of ether oxygens (including phenoxy) is 1. The zero-order chi connectivity index (χ0) is 16.7. The molecule has 0 saturated carbocycles. The second-order valence-electron chi connectivity index (χ2n) is 6.67. The Morgan fingerprint density at radius 1 is 1.08 bits per heavy atom. The minimum absolute atomic E-state index is 0.139. The van der Waals surface area contributed by atoms with Crippen LogP contribution in [-0.4, -0.2) is 30.3 Å². The van der Waals surface area contributed by atoms with Gasteiger partial charge in [-0.1, -0.05) is 30.3 Å². The van der Waals surface area contributed by atoms with Gasteiger partial charge in [-0.15, -0.1) is 0 Å². The summed E-state index contributed by atoms with van der Waals surface area (Å²) in [6.45, 7) is 0. The van der Waals surface area contributed by atoms with Gasteiger partial charge in [0, 0.05) is 19.1 Å². The van der Waals surface area contributed by atoms with Crippen LogP contribution in [0.3, 0.4) is 0 Å². The normalized spacial score (nSPS) is 24.5. The van der Waals surface area contributed by atoms with E-state index >= 15 is 0 Å². The molecule has 0 radical (unpaired) electrons. The molecule has 2 aliphatic carbocycles. The van der Waals surface area contributed by atoms with Gasteiger partial charge < -0.3 is 15.2 Å². The lowest BCUT2D eigenvalue weighted by atomic mass is 10.0. The van der Waals surface area contributed by atoms with Gasteiger partial charge in [0.05, 0.1) is 18.2 Å². The van der Waals surface area contributed by atoms with Gasteiger partial charge in [-0.3, -0.25) is 4.79 Å². The molecule has 1 amide bonds. The van der Waals surface area contributed by atoms with Crippen molar-refractivity contribution in [3.63, 3.8) is 0 Å². The lowest BCUT2D eigenvalue weighted by Gasteiger charge is -2.18. The third-order valence-electron chi connectivity index (χ3n) is 5.19. The van der Waals surface area contributed by atoms with E-state index in [0.717, 1.165) is 24.0 Å². The molecule has 4 heteroatoms. The highest BCUT2D eigenvalue weighted by Gasteiger charge is 2.32. The van der Waals surface area contributed by atoms with Crippen LogP contribution in [0.25, 0.3) is 0 Å². The van der Waals surface area contributed by atoms with Crippen molar-refractivity contribution in [2.24, 2.45) is 0 Å². The van der Waals surface area contributed by atoms with Crippen LogP contribution in [0.1, 0.15) is 38.7 Å². The number of nitrogens with one attached hydrogen (secondary N) is 1. The van der Waals surface area contributed by atoms with E-state index in [9.17, 15) is 9.90 Å². The van der Waals surface area contributed by atoms with Crippen LogP contribution < -0.4 is 5.32 Å². The second kappa shape index (κ2) is 6.04. The quantitative estimate of drug-likeness (QED) is 0.910. The Morgan fingerprint density at radius 2 is 1.88 bits per heavy atom. The number of rotatable bonds is 3. The van der Waals surface area contributed by atoms with Crippen LogP contribution in [0, 0.1) is 0 Å². The summed E-state index contributed by atoms with van der Waals surface area (Å²) in [4.78, 5) is 12.7. The molecule has 1 unspecified atom stereocenters. The summed E-state index contributed by atoms with van der Waals surface area (Å²) >= 11 is 0. The van der Waals surface area contributed by atoms with Gasteiger partial charge in [0.15, 0.2) is 0 Å². The number of carbonyl (C=O) groups excluding carboxylic acids is 1. The SMILES string of the molecule is COC1Cc2ccc(C(=O)N[C@@H]3c4ccccc4C[C@H]3O)cc2C1. The molecule has 4 rings (SSSR count). The summed E-state index contributed by atoms with van der Waals surface area (Å²) in [7, 11) is 1.73. The summed E-state index contributed by atoms with van der Waals surface area (Å²) in [6, 6.07) is 13.4. The zero-order valence-corrected chi connectivity index (χ0v) is 13.7. The highest BCUT2D eigenvalue weighted by molar-refractivity contribution is 5.95. The summed E-state index contributed by atoms with van der Waals surface area (Å²) in [5.74, 6) is -0.139. The third kappa shape index (κ3) is 2.62. The molecule has 3 atom stereocenters. The number of hydrogen-bond donors (Lipinski definition) is 2. The second-order valence-corrected chi connectivity index (χ2v) is 6.67. The number of methoxy groups -OCH3 is 1. The van der Waals surface area contributed by atoms with Crippen LogP contribution >= 0.6 is 0 Å². The van der Waals surface area contributed by atoms with Crippen molar-refractivity contribution >= 4 is 5.91 Å². The number of fused-ring (bicyclic) bond motifs is 2. The van der Waals surface area contributed by atoms with Gasteiger partial charge in [-0.25, -0.2) is 0 Å². The van der Waals surface area contributed by atoms with Crippen molar-refractivity contribution in [1.29, 1.82) is 0 Å². The largest absolute Gasteiger partial charge is 0.390 e. The van der Waals surface area contributed by atoms with E-state index in [1.54, 1.807) is 7.11 Å². The fourth-order valence-corrected chi connectivity index (χ4v) is 3.86. The maximum absolute atomic E-state index is 12.7. The predicted molar refractivity (Wildman–Crippen MR) is 91.0 cm³/mol. The fourth-order valence-electron chi connectivity index (χ4n) is 3.86. The molecule has 2 aliphatic rings. The smallest absolute Gasteiger partial charge is 0.251 e. The van der Waals surface area contributed by atoms with Crippen molar-refractivity contribution in [3.8, 4) is 0 Å². The molecule has 0 spiro atoms. The molecule has 0 aliphatic heterocycles. The minimum atomic E-state index is -0.571. The first-order valence-corrected chi connectivity index (χ1v) is 8.37. The van der Waals surface area contributed by atoms with Crippen LogP contribution in [0.4, 0.5) is 0 Å². The fraction of sp³-hybridized carbons (Fsp3) is 0.350. The first kappa shape index (κ1) is 15.4. The Hall–Kier alpha value is -2.17. The molecule has 0 saturated heterocycles. The van der Waals surface area contributed by atoms with Crippen LogP contribution in [0.2, 0.25) is 0 Å². The molecule has 0 fully saturated rings. The Labute approximate surface area is 141 Å². The van der Waals surface area contributed by atoms with E-state index in [1.807, 2.05) is 42.5 Å². The third-order valence-corrected chi connectivity index (χ3v) is 5.19. The molecular formula is C20H21NO3. The standard InChI is InChI=1S/C20H21NO3/c1-24-16-9-12-6-7-14(8-15(12)10-16)20(23)21-19-17-5-3-2-4-13(17)11-18(19)22/h2-8,16,18-19,22H,9-11H2,1H3,(H,21,23)/t16?,18-,19-/m1/s1.